The van der Waals surface area contributed by atoms with Crippen LogP contribution in [0.4, 0.5) is 5.95 Å². The number of nitrogens with one attached hydrogen (secondary N) is 1. The zero-order chi connectivity index (χ0) is 10.7. The molecule has 0 radical (unpaired) electrons. The summed E-state index contributed by atoms with van der Waals surface area (Å²) in [5.74, 6) is 1.04. The number of rotatable bonds is 4. The second-order valence-electron chi connectivity index (χ2n) is 2.81. The molecular weight excluding hydrogens is 214 g/mol. The van der Waals surface area contributed by atoms with Gasteiger partial charge < -0.3 is 15.2 Å². The number of nitrogens with zero attached hydrogens (tertiary/aromatic N) is 2. The molecule has 15 heavy (non-hydrogen) atoms. The third-order valence-corrected chi connectivity index (χ3v) is 2.65. The number of hydrogen-bond donors (Lipinski definition) is 2. The Morgan fingerprint density at radius 2 is 2.40 bits per heavy atom. The highest BCUT2D eigenvalue weighted by molar-refractivity contribution is 7.16. The van der Waals surface area contributed by atoms with Crippen molar-refractivity contribution in [2.75, 3.05) is 25.6 Å². The molecule has 6 heteroatoms. The molecule has 2 N–H and O–H groups in total. The number of hydrogen-bond acceptors (Lipinski definition) is 6. The lowest BCUT2D eigenvalue weighted by Crippen LogP contribution is -2.05. The van der Waals surface area contributed by atoms with Crippen LogP contribution in [0.15, 0.2) is 11.4 Å². The Balaban J connectivity index is 2.43. The number of ether oxygens (including phenoxy) is 1. The molecule has 0 amide bonds. The van der Waals surface area contributed by atoms with Gasteiger partial charge in [0.05, 0.1) is 12.0 Å². The van der Waals surface area contributed by atoms with Crippen LogP contribution in [0.5, 0.6) is 5.88 Å². The molecule has 0 aromatic carbocycles. The fourth-order valence-electron chi connectivity index (χ4n) is 1.19. The van der Waals surface area contributed by atoms with Crippen LogP contribution in [0.1, 0.15) is 0 Å². The minimum absolute atomic E-state index is 0.0233. The van der Waals surface area contributed by atoms with E-state index in [2.05, 4.69) is 15.3 Å². The standard InChI is InChI=1S/C9H11N3O2S/c1-10-9-11-7(14-4-3-13)6-2-5-15-8(6)12-9/h2,5,13H,3-4H2,1H3,(H,10,11,12). The molecule has 2 rings (SSSR count). The summed E-state index contributed by atoms with van der Waals surface area (Å²) in [6.07, 6.45) is 0. The average Bonchev–Trinajstić information content (AvgIpc) is 2.73. The minimum atomic E-state index is -0.0233. The van der Waals surface area contributed by atoms with Crippen LogP contribution < -0.4 is 10.1 Å². The molecule has 0 saturated heterocycles. The van der Waals surface area contributed by atoms with Gasteiger partial charge >= 0.3 is 0 Å². The van der Waals surface area contributed by atoms with Crippen molar-refractivity contribution in [3.05, 3.63) is 11.4 Å². The van der Waals surface area contributed by atoms with E-state index in [4.69, 9.17) is 9.84 Å². The maximum atomic E-state index is 8.70. The molecule has 0 fully saturated rings. The molecule has 80 valence electrons. The molecular formula is C9H11N3O2S. The second-order valence-corrected chi connectivity index (χ2v) is 3.71. The van der Waals surface area contributed by atoms with Crippen molar-refractivity contribution in [2.24, 2.45) is 0 Å². The van der Waals surface area contributed by atoms with Crippen LogP contribution >= 0.6 is 11.3 Å². The maximum Gasteiger partial charge on any atom is 0.227 e. The Labute approximate surface area is 90.7 Å². The molecule has 0 aliphatic rings. The van der Waals surface area contributed by atoms with Gasteiger partial charge in [0.15, 0.2) is 0 Å². The van der Waals surface area contributed by atoms with Crippen molar-refractivity contribution < 1.29 is 9.84 Å². The summed E-state index contributed by atoms with van der Waals surface area (Å²) in [7, 11) is 1.75. The summed E-state index contributed by atoms with van der Waals surface area (Å²) in [5, 5.41) is 14.4. The molecule has 0 saturated carbocycles. The van der Waals surface area contributed by atoms with Gasteiger partial charge in [-0.25, -0.2) is 4.98 Å². The predicted molar refractivity (Wildman–Crippen MR) is 59.5 cm³/mol. The van der Waals surface area contributed by atoms with E-state index in [9.17, 15) is 0 Å². The number of thiophene rings is 1. The topological polar surface area (TPSA) is 67.3 Å². The van der Waals surface area contributed by atoms with Gasteiger partial charge in [-0.2, -0.15) is 4.98 Å². The molecule has 5 nitrogen and oxygen atoms in total. The summed E-state index contributed by atoms with van der Waals surface area (Å²) in [6.45, 7) is 0.218. The number of aliphatic hydroxyl groups is 1. The lowest BCUT2D eigenvalue weighted by Gasteiger charge is -2.06. The Bertz CT molecular complexity index is 458. The molecule has 0 aliphatic carbocycles. The van der Waals surface area contributed by atoms with Crippen molar-refractivity contribution in [3.63, 3.8) is 0 Å². The maximum absolute atomic E-state index is 8.70. The first-order valence-electron chi connectivity index (χ1n) is 4.52. The number of aromatic nitrogens is 2. The fourth-order valence-corrected chi connectivity index (χ4v) is 1.95. The highest BCUT2D eigenvalue weighted by atomic mass is 32.1. The average molecular weight is 225 g/mol. The normalized spacial score (nSPS) is 10.5. The summed E-state index contributed by atoms with van der Waals surface area (Å²) >= 11 is 1.53. The molecule has 0 atom stereocenters. The Kier molecular flexibility index (Phi) is 2.98. The zero-order valence-corrected chi connectivity index (χ0v) is 9.04. The van der Waals surface area contributed by atoms with Crippen molar-refractivity contribution in [1.29, 1.82) is 0 Å². The summed E-state index contributed by atoms with van der Waals surface area (Å²) in [4.78, 5) is 9.33. The molecule has 0 aliphatic heterocycles. The SMILES string of the molecule is CNc1nc(OCCO)c2ccsc2n1. The van der Waals surface area contributed by atoms with Gasteiger partial charge in [-0.3, -0.25) is 0 Å². The van der Waals surface area contributed by atoms with Crippen LogP contribution in [0.3, 0.4) is 0 Å². The van der Waals surface area contributed by atoms with Gasteiger partial charge in [-0.1, -0.05) is 0 Å². The van der Waals surface area contributed by atoms with Crippen molar-refractivity contribution in [1.82, 2.24) is 9.97 Å². The smallest absolute Gasteiger partial charge is 0.227 e. The summed E-state index contributed by atoms with van der Waals surface area (Å²) in [5.41, 5.74) is 0. The molecule has 2 heterocycles. The van der Waals surface area contributed by atoms with E-state index in [1.807, 2.05) is 11.4 Å². The Morgan fingerprint density at radius 1 is 1.53 bits per heavy atom. The fraction of sp³-hybridized carbons (Fsp3) is 0.333. The van der Waals surface area contributed by atoms with E-state index in [-0.39, 0.29) is 13.2 Å². The van der Waals surface area contributed by atoms with E-state index in [0.717, 1.165) is 10.2 Å². The summed E-state index contributed by atoms with van der Waals surface area (Å²) in [6, 6.07) is 1.91. The minimum Gasteiger partial charge on any atom is -0.475 e. The van der Waals surface area contributed by atoms with Crippen molar-refractivity contribution in [2.45, 2.75) is 0 Å². The first kappa shape index (κ1) is 10.1. The van der Waals surface area contributed by atoms with Gasteiger partial charge in [0.1, 0.15) is 11.4 Å². The van der Waals surface area contributed by atoms with Crippen LogP contribution in [-0.4, -0.2) is 35.3 Å². The lowest BCUT2D eigenvalue weighted by molar-refractivity contribution is 0.198. The van der Waals surface area contributed by atoms with Gasteiger partial charge in [0.2, 0.25) is 11.8 Å². The van der Waals surface area contributed by atoms with E-state index in [0.29, 0.717) is 11.8 Å². The predicted octanol–water partition coefficient (Wildman–Crippen LogP) is 1.10. The first-order chi connectivity index (χ1) is 7.35. The highest BCUT2D eigenvalue weighted by Gasteiger charge is 2.08. The number of aliphatic hydroxyl groups excluding tert-OH is 1. The van der Waals surface area contributed by atoms with Crippen molar-refractivity contribution >= 4 is 27.5 Å². The molecule has 2 aromatic heterocycles. The molecule has 2 aromatic rings. The molecule has 0 bridgehead atoms. The quantitative estimate of drug-likeness (QED) is 0.815. The van der Waals surface area contributed by atoms with Crippen LogP contribution in [-0.2, 0) is 0 Å². The Morgan fingerprint density at radius 3 is 3.13 bits per heavy atom. The monoisotopic (exact) mass is 225 g/mol. The second kappa shape index (κ2) is 4.41. The zero-order valence-electron chi connectivity index (χ0n) is 8.23. The largest absolute Gasteiger partial charge is 0.475 e. The van der Waals surface area contributed by atoms with Crippen LogP contribution in [0.2, 0.25) is 0 Å². The van der Waals surface area contributed by atoms with Crippen molar-refractivity contribution in [3.8, 4) is 5.88 Å². The van der Waals surface area contributed by atoms with E-state index in [1.54, 1.807) is 7.05 Å². The first-order valence-corrected chi connectivity index (χ1v) is 5.39. The highest BCUT2D eigenvalue weighted by Crippen LogP contribution is 2.27. The van der Waals surface area contributed by atoms with Crippen LogP contribution in [0, 0.1) is 0 Å². The number of anilines is 1. The molecule has 0 spiro atoms. The van der Waals surface area contributed by atoms with Gasteiger partial charge in [0.25, 0.3) is 0 Å². The number of fused-ring (bicyclic) bond motifs is 1. The lowest BCUT2D eigenvalue weighted by atomic mass is 10.4. The van der Waals surface area contributed by atoms with Crippen LogP contribution in [0.25, 0.3) is 10.2 Å². The third-order valence-electron chi connectivity index (χ3n) is 1.84. The van der Waals surface area contributed by atoms with Gasteiger partial charge in [-0.15, -0.1) is 11.3 Å². The third kappa shape index (κ3) is 2.00. The van der Waals surface area contributed by atoms with Gasteiger partial charge in [0, 0.05) is 7.05 Å². The van der Waals surface area contributed by atoms with E-state index >= 15 is 0 Å². The summed E-state index contributed by atoms with van der Waals surface area (Å²) < 4.78 is 5.33. The van der Waals surface area contributed by atoms with E-state index < -0.39 is 0 Å². The van der Waals surface area contributed by atoms with E-state index in [1.165, 1.54) is 11.3 Å². The Hall–Kier alpha value is -1.40. The molecule has 0 unspecified atom stereocenters. The van der Waals surface area contributed by atoms with Gasteiger partial charge in [-0.05, 0) is 11.4 Å².